The molecular formula is C13H16O4. The Labute approximate surface area is 100 Å². The van der Waals surface area contributed by atoms with Gasteiger partial charge in [0, 0.05) is 13.8 Å². The first-order valence-corrected chi connectivity index (χ1v) is 5.60. The molecule has 1 N–H and O–H groups in total. The number of hydrogen-bond donors (Lipinski definition) is 1. The lowest BCUT2D eigenvalue weighted by Gasteiger charge is -2.39. The summed E-state index contributed by atoms with van der Waals surface area (Å²) < 4.78 is 10.8. The fourth-order valence-electron chi connectivity index (χ4n) is 2.07. The normalized spacial score (nSPS) is 27.6. The highest BCUT2D eigenvalue weighted by atomic mass is 16.7. The summed E-state index contributed by atoms with van der Waals surface area (Å²) in [5, 5.41) is 9.34. The highest BCUT2D eigenvalue weighted by Crippen LogP contribution is 2.33. The molecule has 2 unspecified atom stereocenters. The van der Waals surface area contributed by atoms with Gasteiger partial charge in [-0.25, -0.2) is 0 Å². The van der Waals surface area contributed by atoms with Crippen LogP contribution in [0, 0.1) is 0 Å². The zero-order valence-corrected chi connectivity index (χ0v) is 9.92. The molecule has 2 rings (SSSR count). The zero-order chi connectivity index (χ0) is 12.5. The molecule has 2 atom stereocenters. The summed E-state index contributed by atoms with van der Waals surface area (Å²) in [6.07, 6.45) is -0.561. The quantitative estimate of drug-likeness (QED) is 0.789. The Balaban J connectivity index is 2.30. The van der Waals surface area contributed by atoms with Crippen molar-refractivity contribution in [2.45, 2.75) is 31.7 Å². The predicted molar refractivity (Wildman–Crippen MR) is 61.3 cm³/mol. The molecule has 1 aromatic carbocycles. The predicted octanol–water partition coefficient (Wildman–Crippen LogP) is 1.44. The number of esters is 1. The lowest BCUT2D eigenvalue weighted by Crippen LogP contribution is -2.48. The number of carbonyl (C=O) groups excluding carboxylic acids is 1. The van der Waals surface area contributed by atoms with Gasteiger partial charge in [-0.15, -0.1) is 0 Å². The molecule has 0 bridgehead atoms. The standard InChI is InChI=1S/C13H16O4/c1-13(2)16-10(8-14)11(12(15)17-13)9-6-4-3-5-7-9/h3-7,10-11,14H,8H2,1-2H3. The average molecular weight is 236 g/mol. The molecule has 0 aromatic heterocycles. The van der Waals surface area contributed by atoms with Crippen molar-refractivity contribution in [2.75, 3.05) is 6.61 Å². The van der Waals surface area contributed by atoms with Gasteiger partial charge in [0.1, 0.15) is 12.0 Å². The summed E-state index contributed by atoms with van der Waals surface area (Å²) in [7, 11) is 0. The van der Waals surface area contributed by atoms with Crippen molar-refractivity contribution < 1.29 is 19.4 Å². The highest BCUT2D eigenvalue weighted by molar-refractivity contribution is 5.80. The van der Waals surface area contributed by atoms with Crippen LogP contribution in [0.15, 0.2) is 30.3 Å². The highest BCUT2D eigenvalue weighted by Gasteiger charge is 2.43. The Kier molecular flexibility index (Phi) is 3.17. The minimum atomic E-state index is -0.976. The van der Waals surface area contributed by atoms with Crippen molar-refractivity contribution >= 4 is 5.97 Å². The van der Waals surface area contributed by atoms with Gasteiger partial charge in [-0.05, 0) is 5.56 Å². The van der Waals surface area contributed by atoms with E-state index in [1.54, 1.807) is 13.8 Å². The minimum absolute atomic E-state index is 0.210. The third-order valence-corrected chi connectivity index (χ3v) is 2.75. The summed E-state index contributed by atoms with van der Waals surface area (Å²) in [5.41, 5.74) is 0.798. The Morgan fingerprint density at radius 3 is 2.53 bits per heavy atom. The second kappa shape index (κ2) is 4.47. The molecule has 0 saturated carbocycles. The van der Waals surface area contributed by atoms with Gasteiger partial charge in [0.05, 0.1) is 6.61 Å². The topological polar surface area (TPSA) is 55.8 Å². The number of hydrogen-bond acceptors (Lipinski definition) is 4. The Hall–Kier alpha value is -1.39. The largest absolute Gasteiger partial charge is 0.433 e. The first kappa shape index (κ1) is 12.1. The van der Waals surface area contributed by atoms with Crippen LogP contribution in [0.1, 0.15) is 25.3 Å². The Morgan fingerprint density at radius 2 is 1.94 bits per heavy atom. The smallest absolute Gasteiger partial charge is 0.318 e. The van der Waals surface area contributed by atoms with Gasteiger partial charge in [-0.1, -0.05) is 30.3 Å². The zero-order valence-electron chi connectivity index (χ0n) is 9.92. The minimum Gasteiger partial charge on any atom is -0.433 e. The summed E-state index contributed by atoms with van der Waals surface area (Å²) in [6.45, 7) is 3.11. The van der Waals surface area contributed by atoms with Gasteiger partial charge in [0.15, 0.2) is 0 Å². The van der Waals surface area contributed by atoms with Crippen LogP contribution in [0.4, 0.5) is 0 Å². The van der Waals surface area contributed by atoms with Crippen LogP contribution in [0.25, 0.3) is 0 Å². The molecule has 4 nitrogen and oxygen atoms in total. The first-order chi connectivity index (χ1) is 8.03. The lowest BCUT2D eigenvalue weighted by molar-refractivity contribution is -0.267. The Morgan fingerprint density at radius 1 is 1.29 bits per heavy atom. The van der Waals surface area contributed by atoms with E-state index in [0.29, 0.717) is 0 Å². The van der Waals surface area contributed by atoms with E-state index in [4.69, 9.17) is 9.47 Å². The summed E-state index contributed by atoms with van der Waals surface area (Å²) in [4.78, 5) is 12.0. The molecule has 0 aliphatic carbocycles. The SMILES string of the molecule is CC1(C)OC(=O)C(c2ccccc2)C(CO)O1. The number of rotatable bonds is 2. The van der Waals surface area contributed by atoms with Crippen LogP contribution in [0.2, 0.25) is 0 Å². The molecule has 1 fully saturated rings. The van der Waals surface area contributed by atoms with Crippen LogP contribution in [-0.4, -0.2) is 29.6 Å². The molecular weight excluding hydrogens is 220 g/mol. The maximum absolute atomic E-state index is 12.0. The molecule has 1 aliphatic rings. The van der Waals surface area contributed by atoms with Crippen molar-refractivity contribution in [1.82, 2.24) is 0 Å². The average Bonchev–Trinajstić information content (AvgIpc) is 2.28. The van der Waals surface area contributed by atoms with Gasteiger partial charge >= 0.3 is 5.97 Å². The van der Waals surface area contributed by atoms with E-state index >= 15 is 0 Å². The second-order valence-corrected chi connectivity index (χ2v) is 4.55. The third-order valence-electron chi connectivity index (χ3n) is 2.75. The van der Waals surface area contributed by atoms with E-state index in [1.165, 1.54) is 0 Å². The monoisotopic (exact) mass is 236 g/mol. The number of ether oxygens (including phenoxy) is 2. The van der Waals surface area contributed by atoms with Gasteiger partial charge in [0.25, 0.3) is 0 Å². The number of benzene rings is 1. The molecule has 92 valence electrons. The van der Waals surface area contributed by atoms with Gasteiger partial charge < -0.3 is 14.6 Å². The molecule has 1 heterocycles. The van der Waals surface area contributed by atoms with Crippen molar-refractivity contribution in [3.63, 3.8) is 0 Å². The molecule has 0 spiro atoms. The van der Waals surface area contributed by atoms with Crippen molar-refractivity contribution in [2.24, 2.45) is 0 Å². The second-order valence-electron chi connectivity index (χ2n) is 4.55. The van der Waals surface area contributed by atoms with Crippen LogP contribution in [0.3, 0.4) is 0 Å². The fraction of sp³-hybridized carbons (Fsp3) is 0.462. The van der Waals surface area contributed by atoms with Crippen molar-refractivity contribution in [3.8, 4) is 0 Å². The van der Waals surface area contributed by atoms with E-state index in [9.17, 15) is 9.90 Å². The molecule has 4 heteroatoms. The van der Waals surface area contributed by atoms with Crippen LogP contribution in [0.5, 0.6) is 0 Å². The van der Waals surface area contributed by atoms with Crippen LogP contribution in [-0.2, 0) is 14.3 Å². The summed E-state index contributed by atoms with van der Waals surface area (Å²) in [6, 6.07) is 9.22. The number of cyclic esters (lactones) is 1. The lowest BCUT2D eigenvalue weighted by atomic mass is 9.92. The fourth-order valence-corrected chi connectivity index (χ4v) is 2.07. The maximum atomic E-state index is 12.0. The van der Waals surface area contributed by atoms with Gasteiger partial charge in [0.2, 0.25) is 5.79 Å². The van der Waals surface area contributed by atoms with Crippen LogP contribution >= 0.6 is 0 Å². The maximum Gasteiger partial charge on any atom is 0.318 e. The molecule has 0 amide bonds. The molecule has 0 radical (unpaired) electrons. The van der Waals surface area contributed by atoms with Crippen molar-refractivity contribution in [1.29, 1.82) is 0 Å². The number of aliphatic hydroxyl groups is 1. The first-order valence-electron chi connectivity index (χ1n) is 5.60. The molecule has 17 heavy (non-hydrogen) atoms. The van der Waals surface area contributed by atoms with E-state index in [2.05, 4.69) is 0 Å². The number of carbonyl (C=O) groups is 1. The number of aliphatic hydroxyl groups excluding tert-OH is 1. The van der Waals surface area contributed by atoms with E-state index in [1.807, 2.05) is 30.3 Å². The van der Waals surface area contributed by atoms with E-state index in [-0.39, 0.29) is 12.6 Å². The summed E-state index contributed by atoms with van der Waals surface area (Å²) >= 11 is 0. The van der Waals surface area contributed by atoms with E-state index < -0.39 is 17.8 Å². The third kappa shape index (κ3) is 2.48. The summed E-state index contributed by atoms with van der Waals surface area (Å²) in [5.74, 6) is -1.89. The van der Waals surface area contributed by atoms with Gasteiger partial charge in [-0.3, -0.25) is 4.79 Å². The van der Waals surface area contributed by atoms with E-state index in [0.717, 1.165) is 5.56 Å². The van der Waals surface area contributed by atoms with Crippen LogP contribution < -0.4 is 0 Å². The molecule has 1 aliphatic heterocycles. The Bertz CT molecular complexity index is 399. The van der Waals surface area contributed by atoms with Gasteiger partial charge in [-0.2, -0.15) is 0 Å². The molecule has 1 saturated heterocycles. The van der Waals surface area contributed by atoms with Crippen molar-refractivity contribution in [3.05, 3.63) is 35.9 Å². The molecule has 1 aromatic rings.